The third-order valence-corrected chi connectivity index (χ3v) is 5.79. The lowest BCUT2D eigenvalue weighted by Crippen LogP contribution is -2.55. The summed E-state index contributed by atoms with van der Waals surface area (Å²) in [5.41, 5.74) is 1.49. The predicted octanol–water partition coefficient (Wildman–Crippen LogP) is 5.00. The van der Waals surface area contributed by atoms with Crippen molar-refractivity contribution in [2.24, 2.45) is 4.99 Å². The van der Waals surface area contributed by atoms with Crippen LogP contribution in [0.1, 0.15) is 22.8 Å². The first-order valence-corrected chi connectivity index (χ1v) is 10.5. The number of fused-ring (bicyclic) bond motifs is 2. The molecule has 0 N–H and O–H groups in total. The van der Waals surface area contributed by atoms with Gasteiger partial charge in [-0.1, -0.05) is 24.3 Å². The van der Waals surface area contributed by atoms with Crippen LogP contribution in [0, 0.1) is 11.6 Å². The van der Waals surface area contributed by atoms with Gasteiger partial charge in [-0.05, 0) is 43.3 Å². The van der Waals surface area contributed by atoms with Crippen molar-refractivity contribution in [3.63, 3.8) is 0 Å². The number of benzene rings is 3. The molecule has 0 saturated carbocycles. The molecular formula is C25H21F2N3O2. The minimum absolute atomic E-state index is 0.119. The number of piperazine rings is 1. The van der Waals surface area contributed by atoms with Crippen molar-refractivity contribution in [3.05, 3.63) is 89.5 Å². The number of carbonyl (C=O) groups is 1. The van der Waals surface area contributed by atoms with Crippen LogP contribution in [-0.2, 0) is 0 Å². The molecule has 0 spiro atoms. The van der Waals surface area contributed by atoms with Crippen molar-refractivity contribution >= 4 is 17.4 Å². The number of carbonyl (C=O) groups excluding carboxylic acids is 1. The maximum atomic E-state index is 14.2. The summed E-state index contributed by atoms with van der Waals surface area (Å²) < 4.78 is 33.5. The molecular weight excluding hydrogens is 412 g/mol. The molecule has 1 fully saturated rings. The third-order valence-electron chi connectivity index (χ3n) is 5.79. The van der Waals surface area contributed by atoms with Crippen molar-refractivity contribution in [2.45, 2.75) is 13.0 Å². The zero-order valence-corrected chi connectivity index (χ0v) is 17.5. The molecule has 1 unspecified atom stereocenters. The van der Waals surface area contributed by atoms with Crippen molar-refractivity contribution < 1.29 is 18.3 Å². The number of halogens is 2. The summed E-state index contributed by atoms with van der Waals surface area (Å²) in [5, 5.41) is 0. The Balaban J connectivity index is 1.44. The van der Waals surface area contributed by atoms with E-state index in [-0.39, 0.29) is 11.6 Å². The highest BCUT2D eigenvalue weighted by Crippen LogP contribution is 2.38. The first-order valence-electron chi connectivity index (χ1n) is 10.5. The van der Waals surface area contributed by atoms with Crippen LogP contribution in [0.2, 0.25) is 0 Å². The van der Waals surface area contributed by atoms with Crippen LogP contribution < -0.4 is 4.74 Å². The van der Waals surface area contributed by atoms with Crippen LogP contribution in [0.25, 0.3) is 0 Å². The normalized spacial score (nSPS) is 17.6. The van der Waals surface area contributed by atoms with Gasteiger partial charge in [0.25, 0.3) is 5.91 Å². The highest BCUT2D eigenvalue weighted by molar-refractivity contribution is 6.04. The van der Waals surface area contributed by atoms with Gasteiger partial charge in [0, 0.05) is 31.7 Å². The summed E-state index contributed by atoms with van der Waals surface area (Å²) >= 11 is 0. The van der Waals surface area contributed by atoms with E-state index in [1.54, 1.807) is 4.90 Å². The summed E-state index contributed by atoms with van der Waals surface area (Å²) in [7, 11) is 0. The number of ether oxygens (including phenoxy) is 1. The van der Waals surface area contributed by atoms with Crippen LogP contribution in [0.3, 0.4) is 0 Å². The molecule has 0 bridgehead atoms. The van der Waals surface area contributed by atoms with Crippen molar-refractivity contribution in [2.75, 3.05) is 19.6 Å². The molecule has 0 aliphatic carbocycles. The smallest absolute Gasteiger partial charge is 0.257 e. The highest BCUT2D eigenvalue weighted by Gasteiger charge is 2.32. The average Bonchev–Trinajstić information content (AvgIpc) is 2.95. The molecule has 2 aliphatic heterocycles. The Bertz CT molecular complexity index is 1230. The molecule has 2 heterocycles. The van der Waals surface area contributed by atoms with Gasteiger partial charge < -0.3 is 14.5 Å². The standard InChI is InChI=1S/C25H21F2N3O2/c1-16-15-29(12-13-30(16)25(31)18-11-10-17(26)14-20(18)27)24-19-6-2-4-8-22(19)32-23-9-5-3-7-21(23)28-24/h2-11,14,16H,12-13,15H2,1H3. The molecule has 0 radical (unpaired) electrons. The number of amides is 1. The minimum atomic E-state index is -0.847. The molecule has 7 heteroatoms. The fourth-order valence-electron chi connectivity index (χ4n) is 4.18. The molecule has 1 saturated heterocycles. The Labute approximate surface area is 184 Å². The topological polar surface area (TPSA) is 45.1 Å². The number of para-hydroxylation sites is 3. The second-order valence-electron chi connectivity index (χ2n) is 7.92. The number of hydrogen-bond acceptors (Lipinski definition) is 4. The van der Waals surface area contributed by atoms with E-state index in [0.29, 0.717) is 25.4 Å². The van der Waals surface area contributed by atoms with Crippen molar-refractivity contribution in [3.8, 4) is 11.5 Å². The number of aliphatic imine (C=N–C) groups is 1. The van der Waals surface area contributed by atoms with Gasteiger partial charge in [0.1, 0.15) is 28.9 Å². The molecule has 2 aliphatic rings. The first-order chi connectivity index (χ1) is 15.5. The Kier molecular flexibility index (Phi) is 5.09. The van der Waals surface area contributed by atoms with Gasteiger partial charge in [-0.2, -0.15) is 0 Å². The van der Waals surface area contributed by atoms with Crippen LogP contribution in [0.15, 0.2) is 71.7 Å². The summed E-state index contributed by atoms with van der Waals surface area (Å²) in [6.45, 7) is 3.34. The maximum absolute atomic E-state index is 14.2. The largest absolute Gasteiger partial charge is 0.454 e. The molecule has 32 heavy (non-hydrogen) atoms. The van der Waals surface area contributed by atoms with E-state index in [9.17, 15) is 13.6 Å². The van der Waals surface area contributed by atoms with Crippen LogP contribution in [0.4, 0.5) is 14.5 Å². The summed E-state index contributed by atoms with van der Waals surface area (Å²) in [6.07, 6.45) is 0. The monoisotopic (exact) mass is 433 g/mol. The fraction of sp³-hybridized carbons (Fsp3) is 0.200. The first kappa shape index (κ1) is 20.2. The molecule has 3 aromatic rings. The van der Waals surface area contributed by atoms with Crippen LogP contribution >= 0.6 is 0 Å². The molecule has 1 amide bonds. The summed E-state index contributed by atoms with van der Waals surface area (Å²) in [6, 6.07) is 18.2. The SMILES string of the molecule is CC1CN(C2=Nc3ccccc3Oc3ccccc32)CCN1C(=O)c1ccc(F)cc1F. The summed E-state index contributed by atoms with van der Waals surface area (Å²) in [4.78, 5) is 21.6. The molecule has 1 atom stereocenters. The van der Waals surface area contributed by atoms with Gasteiger partial charge in [-0.15, -0.1) is 0 Å². The van der Waals surface area contributed by atoms with E-state index in [1.807, 2.05) is 55.5 Å². The minimum Gasteiger partial charge on any atom is -0.454 e. The van der Waals surface area contributed by atoms with E-state index >= 15 is 0 Å². The lowest BCUT2D eigenvalue weighted by Gasteiger charge is -2.41. The van der Waals surface area contributed by atoms with Gasteiger partial charge in [-0.3, -0.25) is 4.79 Å². The lowest BCUT2D eigenvalue weighted by molar-refractivity contribution is 0.0576. The second-order valence-corrected chi connectivity index (χ2v) is 7.92. The van der Waals surface area contributed by atoms with Gasteiger partial charge in [0.2, 0.25) is 0 Å². The maximum Gasteiger partial charge on any atom is 0.257 e. The van der Waals surface area contributed by atoms with Crippen LogP contribution in [0.5, 0.6) is 11.5 Å². The Morgan fingerprint density at radius 1 is 1.00 bits per heavy atom. The average molecular weight is 433 g/mol. The quantitative estimate of drug-likeness (QED) is 0.543. The zero-order chi connectivity index (χ0) is 22.2. The van der Waals surface area contributed by atoms with Crippen molar-refractivity contribution in [1.29, 1.82) is 0 Å². The lowest BCUT2D eigenvalue weighted by atomic mass is 10.1. The molecule has 5 rings (SSSR count). The summed E-state index contributed by atoms with van der Waals surface area (Å²) in [5.74, 6) is 0.188. The Morgan fingerprint density at radius 3 is 2.53 bits per heavy atom. The predicted molar refractivity (Wildman–Crippen MR) is 118 cm³/mol. The van der Waals surface area contributed by atoms with E-state index < -0.39 is 17.5 Å². The molecule has 0 aromatic heterocycles. The van der Waals surface area contributed by atoms with E-state index in [0.717, 1.165) is 35.0 Å². The van der Waals surface area contributed by atoms with E-state index in [1.165, 1.54) is 6.07 Å². The highest BCUT2D eigenvalue weighted by atomic mass is 19.1. The third kappa shape index (κ3) is 3.60. The zero-order valence-electron chi connectivity index (χ0n) is 17.5. The molecule has 162 valence electrons. The van der Waals surface area contributed by atoms with E-state index in [4.69, 9.17) is 9.73 Å². The second kappa shape index (κ2) is 8.07. The van der Waals surface area contributed by atoms with Crippen molar-refractivity contribution in [1.82, 2.24) is 9.80 Å². The molecule has 5 nitrogen and oxygen atoms in total. The molecule has 3 aromatic carbocycles. The Hall–Kier alpha value is -3.74. The number of nitrogens with zero attached hydrogens (tertiary/aromatic N) is 3. The number of hydrogen-bond donors (Lipinski definition) is 0. The fourth-order valence-corrected chi connectivity index (χ4v) is 4.18. The van der Waals surface area contributed by atoms with E-state index in [2.05, 4.69) is 4.90 Å². The number of rotatable bonds is 1. The van der Waals surface area contributed by atoms with Crippen LogP contribution in [-0.4, -0.2) is 47.2 Å². The number of amidine groups is 1. The van der Waals surface area contributed by atoms with Gasteiger partial charge >= 0.3 is 0 Å². The van der Waals surface area contributed by atoms with Gasteiger partial charge in [-0.25, -0.2) is 13.8 Å². The Morgan fingerprint density at radius 2 is 1.75 bits per heavy atom. The van der Waals surface area contributed by atoms with Gasteiger partial charge in [0.15, 0.2) is 5.75 Å². The van der Waals surface area contributed by atoms with Gasteiger partial charge in [0.05, 0.1) is 11.1 Å².